The molecule has 0 aliphatic carbocycles. The van der Waals surface area contributed by atoms with E-state index in [-0.39, 0.29) is 17.9 Å². The van der Waals surface area contributed by atoms with Crippen molar-refractivity contribution in [3.05, 3.63) is 53.0 Å². The Balaban J connectivity index is 0.000000287. The largest absolute Gasteiger partial charge is 0.392 e. The number of aromatic nitrogens is 3. The number of benzene rings is 1. The summed E-state index contributed by atoms with van der Waals surface area (Å²) in [5.74, 6) is -0.882. The highest BCUT2D eigenvalue weighted by molar-refractivity contribution is 7.13. The standard InChI is InChI=1S/C15H13FN4O2S.C6H13NO/c1-20-6-10(5-17-20)18-14(22)12-8-23-15(19-12)13-9(7-21)3-2-4-11(13)16;7-6-2-1-4-8-5-3-6/h2-6,8,21H,7H2,1H3,(H,18,22);6H,1-5,7H2/t;6-/m.1/s1. The lowest BCUT2D eigenvalue weighted by Crippen LogP contribution is -2.19. The van der Waals surface area contributed by atoms with E-state index in [0.717, 1.165) is 43.8 Å². The van der Waals surface area contributed by atoms with Crippen molar-refractivity contribution < 1.29 is 19.0 Å². The van der Waals surface area contributed by atoms with E-state index < -0.39 is 11.7 Å². The molecule has 0 unspecified atom stereocenters. The summed E-state index contributed by atoms with van der Waals surface area (Å²) in [5, 5.41) is 17.9. The third kappa shape index (κ3) is 6.41. The number of carbonyl (C=O) groups excluding carboxylic acids is 1. The van der Waals surface area contributed by atoms with Gasteiger partial charge in [-0.1, -0.05) is 12.1 Å². The van der Waals surface area contributed by atoms with Gasteiger partial charge in [-0.25, -0.2) is 9.37 Å². The molecule has 1 atom stereocenters. The van der Waals surface area contributed by atoms with Gasteiger partial charge in [0.1, 0.15) is 16.5 Å². The molecule has 0 saturated carbocycles. The van der Waals surface area contributed by atoms with Crippen LogP contribution in [0.15, 0.2) is 36.0 Å². The molecule has 0 bridgehead atoms. The topological polar surface area (TPSA) is 115 Å². The summed E-state index contributed by atoms with van der Waals surface area (Å²) in [6.07, 6.45) is 6.50. The normalized spacial score (nSPS) is 16.2. The summed E-state index contributed by atoms with van der Waals surface area (Å²) in [7, 11) is 1.74. The third-order valence-corrected chi connectivity index (χ3v) is 5.54. The van der Waals surface area contributed by atoms with Crippen LogP contribution in [0.1, 0.15) is 35.3 Å². The Labute approximate surface area is 183 Å². The van der Waals surface area contributed by atoms with Gasteiger partial charge in [0, 0.05) is 37.9 Å². The van der Waals surface area contributed by atoms with E-state index in [0.29, 0.717) is 22.3 Å². The summed E-state index contributed by atoms with van der Waals surface area (Å²) < 4.78 is 20.8. The molecule has 8 nitrogen and oxygen atoms in total. The highest BCUT2D eigenvalue weighted by Crippen LogP contribution is 2.30. The maximum absolute atomic E-state index is 14.0. The maximum Gasteiger partial charge on any atom is 0.275 e. The van der Waals surface area contributed by atoms with Crippen LogP contribution in [0.5, 0.6) is 0 Å². The molecule has 1 aliphatic heterocycles. The van der Waals surface area contributed by atoms with E-state index in [1.165, 1.54) is 18.3 Å². The molecule has 2 aromatic heterocycles. The van der Waals surface area contributed by atoms with Crippen molar-refractivity contribution in [3.63, 3.8) is 0 Å². The number of halogens is 1. The second-order valence-electron chi connectivity index (χ2n) is 7.13. The van der Waals surface area contributed by atoms with Crippen molar-refractivity contribution in [2.24, 2.45) is 12.8 Å². The predicted molar refractivity (Wildman–Crippen MR) is 117 cm³/mol. The molecule has 4 N–H and O–H groups in total. The Morgan fingerprint density at radius 1 is 1.42 bits per heavy atom. The van der Waals surface area contributed by atoms with Crippen molar-refractivity contribution in [1.82, 2.24) is 14.8 Å². The van der Waals surface area contributed by atoms with Crippen molar-refractivity contribution in [1.29, 1.82) is 0 Å². The van der Waals surface area contributed by atoms with Crippen LogP contribution in [-0.2, 0) is 18.4 Å². The minimum Gasteiger partial charge on any atom is -0.392 e. The molecule has 0 radical (unpaired) electrons. The quantitative estimate of drug-likeness (QED) is 0.566. The lowest BCUT2D eigenvalue weighted by molar-refractivity contribution is 0.102. The molecule has 1 saturated heterocycles. The number of anilines is 1. The average molecular weight is 448 g/mol. The van der Waals surface area contributed by atoms with Gasteiger partial charge >= 0.3 is 0 Å². The van der Waals surface area contributed by atoms with Crippen LogP contribution in [0.25, 0.3) is 10.6 Å². The highest BCUT2D eigenvalue weighted by atomic mass is 32.1. The van der Waals surface area contributed by atoms with Gasteiger partial charge in [0.25, 0.3) is 5.91 Å². The highest BCUT2D eigenvalue weighted by Gasteiger charge is 2.17. The number of amides is 1. The minimum absolute atomic E-state index is 0.181. The number of nitrogens with zero attached hydrogens (tertiary/aromatic N) is 3. The van der Waals surface area contributed by atoms with Gasteiger partial charge < -0.3 is 20.9 Å². The summed E-state index contributed by atoms with van der Waals surface area (Å²) in [6.45, 7) is 1.47. The Kier molecular flexibility index (Phi) is 8.24. The Morgan fingerprint density at radius 3 is 3.00 bits per heavy atom. The number of rotatable bonds is 4. The minimum atomic E-state index is -0.481. The number of hydrogen-bond donors (Lipinski definition) is 3. The molecule has 1 aromatic carbocycles. The van der Waals surface area contributed by atoms with Gasteiger partial charge in [0.2, 0.25) is 0 Å². The van der Waals surface area contributed by atoms with Gasteiger partial charge in [-0.05, 0) is 30.9 Å². The monoisotopic (exact) mass is 447 g/mol. The van der Waals surface area contributed by atoms with Crippen molar-refractivity contribution >= 4 is 22.9 Å². The first-order chi connectivity index (χ1) is 15.0. The number of nitrogens with two attached hydrogens (primary N) is 1. The summed E-state index contributed by atoms with van der Waals surface area (Å²) in [5.41, 5.74) is 7.04. The Morgan fingerprint density at radius 2 is 2.26 bits per heavy atom. The Bertz CT molecular complexity index is 999. The third-order valence-electron chi connectivity index (χ3n) is 4.68. The SMILES string of the molecule is Cn1cc(NC(=O)c2csc(-c3c(F)cccc3CO)n2)cn1.N[C@@H]1CCCOCC1. The predicted octanol–water partition coefficient (Wildman–Crippen LogP) is 2.94. The van der Waals surface area contributed by atoms with Crippen LogP contribution >= 0.6 is 11.3 Å². The van der Waals surface area contributed by atoms with Crippen LogP contribution in [0, 0.1) is 5.82 Å². The van der Waals surface area contributed by atoms with Crippen molar-refractivity contribution in [2.75, 3.05) is 18.5 Å². The summed E-state index contributed by atoms with van der Waals surface area (Å²) in [4.78, 5) is 16.3. The number of aryl methyl sites for hydroxylation is 1. The lowest BCUT2D eigenvalue weighted by atomic mass is 10.1. The number of aliphatic hydroxyl groups is 1. The van der Waals surface area contributed by atoms with Crippen molar-refractivity contribution in [2.45, 2.75) is 31.9 Å². The van der Waals surface area contributed by atoms with E-state index in [4.69, 9.17) is 10.5 Å². The molecule has 166 valence electrons. The number of nitrogens with one attached hydrogen (secondary N) is 1. The van der Waals surface area contributed by atoms with Crippen LogP contribution in [-0.4, -0.2) is 45.0 Å². The number of thiazole rings is 1. The van der Waals surface area contributed by atoms with Crippen LogP contribution < -0.4 is 11.1 Å². The zero-order chi connectivity index (χ0) is 22.2. The second kappa shape index (κ2) is 11.1. The average Bonchev–Trinajstić information content (AvgIpc) is 3.33. The van der Waals surface area contributed by atoms with Gasteiger partial charge in [0.15, 0.2) is 0 Å². The second-order valence-corrected chi connectivity index (χ2v) is 7.99. The van der Waals surface area contributed by atoms with E-state index >= 15 is 0 Å². The van der Waals surface area contributed by atoms with Gasteiger partial charge in [-0.2, -0.15) is 5.10 Å². The molecular weight excluding hydrogens is 421 g/mol. The molecule has 1 aliphatic rings. The fraction of sp³-hybridized carbons (Fsp3) is 0.381. The summed E-state index contributed by atoms with van der Waals surface area (Å²) in [6, 6.07) is 4.84. The van der Waals surface area contributed by atoms with Gasteiger partial charge in [0.05, 0.1) is 24.1 Å². The maximum atomic E-state index is 14.0. The first kappa shape index (κ1) is 23.0. The van der Waals surface area contributed by atoms with E-state index in [9.17, 15) is 14.3 Å². The van der Waals surface area contributed by atoms with E-state index in [1.807, 2.05) is 0 Å². The molecular formula is C21H26FN5O3S. The summed E-state index contributed by atoms with van der Waals surface area (Å²) >= 11 is 1.15. The van der Waals surface area contributed by atoms with E-state index in [2.05, 4.69) is 15.4 Å². The first-order valence-corrected chi connectivity index (χ1v) is 10.8. The van der Waals surface area contributed by atoms with Gasteiger partial charge in [-0.3, -0.25) is 9.48 Å². The molecule has 3 aromatic rings. The zero-order valence-corrected chi connectivity index (χ0v) is 18.1. The molecule has 1 amide bonds. The fourth-order valence-corrected chi connectivity index (χ4v) is 3.92. The Hall–Kier alpha value is -2.66. The first-order valence-electron chi connectivity index (χ1n) is 9.95. The van der Waals surface area contributed by atoms with Crippen LogP contribution in [0.3, 0.4) is 0 Å². The zero-order valence-electron chi connectivity index (χ0n) is 17.3. The van der Waals surface area contributed by atoms with Crippen molar-refractivity contribution in [3.8, 4) is 10.6 Å². The number of aliphatic hydroxyl groups excluding tert-OH is 1. The molecule has 4 rings (SSSR count). The van der Waals surface area contributed by atoms with Gasteiger partial charge in [-0.15, -0.1) is 11.3 Å². The number of carbonyl (C=O) groups is 1. The van der Waals surface area contributed by atoms with E-state index in [1.54, 1.807) is 29.4 Å². The van der Waals surface area contributed by atoms with Crippen LogP contribution in [0.2, 0.25) is 0 Å². The smallest absolute Gasteiger partial charge is 0.275 e. The van der Waals surface area contributed by atoms with Crippen LogP contribution in [0.4, 0.5) is 10.1 Å². The number of ether oxygens (including phenoxy) is 1. The fourth-order valence-electron chi connectivity index (χ4n) is 3.04. The molecule has 0 spiro atoms. The molecule has 3 heterocycles. The molecule has 31 heavy (non-hydrogen) atoms. The molecule has 1 fully saturated rings. The lowest BCUT2D eigenvalue weighted by Gasteiger charge is -2.05. The molecule has 10 heteroatoms. The number of hydrogen-bond acceptors (Lipinski definition) is 7.